The van der Waals surface area contributed by atoms with Gasteiger partial charge in [0.2, 0.25) is 0 Å². The van der Waals surface area contributed by atoms with Crippen molar-refractivity contribution in [2.24, 2.45) is 7.05 Å². The molecule has 7 heteroatoms. The molecule has 1 aromatic heterocycles. The zero-order chi connectivity index (χ0) is 23.8. The smallest absolute Gasteiger partial charge is 0.273 e. The molecule has 0 radical (unpaired) electrons. The fourth-order valence-corrected chi connectivity index (χ4v) is 4.58. The molecule has 1 unspecified atom stereocenters. The summed E-state index contributed by atoms with van der Waals surface area (Å²) in [5, 5.41) is 14.9. The van der Waals surface area contributed by atoms with Crippen molar-refractivity contribution in [3.05, 3.63) is 95.2 Å². The van der Waals surface area contributed by atoms with Gasteiger partial charge in [-0.05, 0) is 47.5 Å². The molecule has 1 amide bonds. The summed E-state index contributed by atoms with van der Waals surface area (Å²) in [5.41, 5.74) is 4.88. The monoisotopic (exact) mass is 455 g/mol. The van der Waals surface area contributed by atoms with Gasteiger partial charge in [0, 0.05) is 24.7 Å². The van der Waals surface area contributed by atoms with Crippen molar-refractivity contribution in [2.45, 2.75) is 12.6 Å². The predicted molar refractivity (Wildman–Crippen MR) is 128 cm³/mol. The number of carbonyl (C=O) groups excluding carboxylic acids is 1. The molecule has 1 atom stereocenters. The molecule has 34 heavy (non-hydrogen) atoms. The Balaban J connectivity index is 1.69. The van der Waals surface area contributed by atoms with Crippen LogP contribution in [-0.2, 0) is 13.6 Å². The average molecular weight is 456 g/mol. The van der Waals surface area contributed by atoms with Gasteiger partial charge in [-0.1, -0.05) is 36.4 Å². The van der Waals surface area contributed by atoms with E-state index in [1.807, 2.05) is 65.6 Å². The summed E-state index contributed by atoms with van der Waals surface area (Å²) < 4.78 is 12.3. The molecule has 5 rings (SSSR count). The maximum Gasteiger partial charge on any atom is 0.273 e. The van der Waals surface area contributed by atoms with E-state index in [0.717, 1.165) is 33.7 Å². The van der Waals surface area contributed by atoms with Crippen LogP contribution in [0.4, 0.5) is 0 Å². The average Bonchev–Trinajstić information content (AvgIpc) is 3.35. The minimum atomic E-state index is -0.400. The number of rotatable bonds is 6. The highest BCUT2D eigenvalue weighted by molar-refractivity contribution is 6.00. The standard InChI is InChI=1S/C27H25N3O4/c1-29-26-23(24(28-29)18-9-12-20(33-2)13-10-18)25(19-11-14-21(31)22(15-19)34-3)30(27(26)32)16-17-7-5-4-6-8-17/h4-15,25,31H,16H2,1-3H3. The first-order valence-electron chi connectivity index (χ1n) is 10.9. The third-order valence-corrected chi connectivity index (χ3v) is 6.21. The Labute approximate surface area is 197 Å². The van der Waals surface area contributed by atoms with Crippen molar-refractivity contribution < 1.29 is 19.4 Å². The van der Waals surface area contributed by atoms with Gasteiger partial charge >= 0.3 is 0 Å². The quantitative estimate of drug-likeness (QED) is 0.461. The summed E-state index contributed by atoms with van der Waals surface area (Å²) in [7, 11) is 4.94. The number of aromatic nitrogens is 2. The number of hydrogen-bond donors (Lipinski definition) is 1. The van der Waals surface area contributed by atoms with E-state index >= 15 is 0 Å². The molecular weight excluding hydrogens is 430 g/mol. The third kappa shape index (κ3) is 3.55. The molecule has 7 nitrogen and oxygen atoms in total. The Morgan fingerprint density at radius 3 is 2.38 bits per heavy atom. The molecule has 1 N–H and O–H groups in total. The number of nitrogens with zero attached hydrogens (tertiary/aromatic N) is 3. The number of carbonyl (C=O) groups is 1. The van der Waals surface area contributed by atoms with Crippen LogP contribution < -0.4 is 9.47 Å². The van der Waals surface area contributed by atoms with Gasteiger partial charge in [0.05, 0.1) is 26.0 Å². The van der Waals surface area contributed by atoms with Gasteiger partial charge in [-0.3, -0.25) is 9.48 Å². The van der Waals surface area contributed by atoms with E-state index in [1.54, 1.807) is 31.0 Å². The Hall–Kier alpha value is -4.26. The molecule has 0 aliphatic carbocycles. The van der Waals surface area contributed by atoms with Gasteiger partial charge in [0.25, 0.3) is 5.91 Å². The fraction of sp³-hybridized carbons (Fsp3) is 0.185. The van der Waals surface area contributed by atoms with Crippen LogP contribution in [0.2, 0.25) is 0 Å². The number of benzene rings is 3. The lowest BCUT2D eigenvalue weighted by atomic mass is 9.95. The zero-order valence-corrected chi connectivity index (χ0v) is 19.2. The van der Waals surface area contributed by atoms with Crippen molar-refractivity contribution in [3.63, 3.8) is 0 Å². The second-order valence-corrected chi connectivity index (χ2v) is 8.22. The number of methoxy groups -OCH3 is 2. The number of fused-ring (bicyclic) bond motifs is 1. The van der Waals surface area contributed by atoms with E-state index in [-0.39, 0.29) is 11.7 Å². The molecule has 3 aromatic carbocycles. The van der Waals surface area contributed by atoms with Gasteiger partial charge in [0.15, 0.2) is 11.5 Å². The molecule has 0 saturated heterocycles. The lowest BCUT2D eigenvalue weighted by molar-refractivity contribution is 0.0725. The first-order chi connectivity index (χ1) is 16.5. The van der Waals surface area contributed by atoms with Crippen molar-refractivity contribution >= 4 is 5.91 Å². The van der Waals surface area contributed by atoms with E-state index in [0.29, 0.717) is 18.0 Å². The van der Waals surface area contributed by atoms with E-state index in [9.17, 15) is 9.90 Å². The largest absolute Gasteiger partial charge is 0.504 e. The molecule has 1 aliphatic rings. The number of phenols is 1. The number of aryl methyl sites for hydroxylation is 1. The van der Waals surface area contributed by atoms with Gasteiger partial charge in [-0.25, -0.2) is 0 Å². The number of aromatic hydroxyl groups is 1. The molecule has 4 aromatic rings. The fourth-order valence-electron chi connectivity index (χ4n) is 4.58. The summed E-state index contributed by atoms with van der Waals surface area (Å²) in [4.78, 5) is 15.6. The maximum atomic E-state index is 13.7. The van der Waals surface area contributed by atoms with Crippen molar-refractivity contribution in [3.8, 4) is 28.5 Å². The van der Waals surface area contributed by atoms with Crippen molar-refractivity contribution in [1.82, 2.24) is 14.7 Å². The molecule has 172 valence electrons. The minimum absolute atomic E-state index is 0.0481. The Morgan fingerprint density at radius 1 is 0.971 bits per heavy atom. The minimum Gasteiger partial charge on any atom is -0.504 e. The van der Waals surface area contributed by atoms with Crippen LogP contribution in [0.1, 0.15) is 33.2 Å². The first kappa shape index (κ1) is 21.6. The van der Waals surface area contributed by atoms with E-state index in [4.69, 9.17) is 14.6 Å². The van der Waals surface area contributed by atoms with Crippen LogP contribution in [-0.4, -0.2) is 39.9 Å². The van der Waals surface area contributed by atoms with Crippen molar-refractivity contribution in [2.75, 3.05) is 14.2 Å². The highest BCUT2D eigenvalue weighted by atomic mass is 16.5. The maximum absolute atomic E-state index is 13.7. The van der Waals surface area contributed by atoms with E-state index < -0.39 is 6.04 Å². The molecule has 0 saturated carbocycles. The summed E-state index contributed by atoms with van der Waals surface area (Å²) in [5.74, 6) is 1.06. The van der Waals surface area contributed by atoms with Crippen LogP contribution in [0.25, 0.3) is 11.3 Å². The Bertz CT molecular complexity index is 1350. The summed E-state index contributed by atoms with van der Waals surface area (Å²) in [6.45, 7) is 0.435. The topological polar surface area (TPSA) is 76.8 Å². The second kappa shape index (κ2) is 8.59. The van der Waals surface area contributed by atoms with Gasteiger partial charge in [-0.15, -0.1) is 0 Å². The number of hydrogen-bond acceptors (Lipinski definition) is 5. The molecule has 0 fully saturated rings. The molecular formula is C27H25N3O4. The highest BCUT2D eigenvalue weighted by Crippen LogP contribution is 2.45. The van der Waals surface area contributed by atoms with Crippen molar-refractivity contribution in [1.29, 1.82) is 0 Å². The lowest BCUT2D eigenvalue weighted by Gasteiger charge is -2.27. The van der Waals surface area contributed by atoms with Gasteiger partial charge in [0.1, 0.15) is 11.4 Å². The summed E-state index contributed by atoms with van der Waals surface area (Å²) in [6.07, 6.45) is 0. The SMILES string of the molecule is COc1ccc(-c2nn(C)c3c2C(c2ccc(O)c(OC)c2)N(Cc2ccccc2)C3=O)cc1. The van der Waals surface area contributed by atoms with Crippen LogP contribution in [0.5, 0.6) is 17.2 Å². The number of amides is 1. The zero-order valence-electron chi connectivity index (χ0n) is 19.2. The van der Waals surface area contributed by atoms with Gasteiger partial charge < -0.3 is 19.5 Å². The van der Waals surface area contributed by atoms with Crippen LogP contribution >= 0.6 is 0 Å². The molecule has 0 spiro atoms. The Morgan fingerprint density at radius 2 is 1.71 bits per heavy atom. The Kier molecular flexibility index (Phi) is 5.45. The van der Waals surface area contributed by atoms with Gasteiger partial charge in [-0.2, -0.15) is 5.10 Å². The predicted octanol–water partition coefficient (Wildman–Crippen LogP) is 4.56. The molecule has 1 aliphatic heterocycles. The number of ether oxygens (including phenoxy) is 2. The van der Waals surface area contributed by atoms with E-state index in [2.05, 4.69) is 0 Å². The summed E-state index contributed by atoms with van der Waals surface area (Å²) >= 11 is 0. The van der Waals surface area contributed by atoms with Crippen LogP contribution in [0.3, 0.4) is 0 Å². The van der Waals surface area contributed by atoms with Crippen LogP contribution in [0, 0.1) is 0 Å². The second-order valence-electron chi connectivity index (χ2n) is 8.22. The first-order valence-corrected chi connectivity index (χ1v) is 10.9. The molecule has 2 heterocycles. The van der Waals surface area contributed by atoms with Crippen LogP contribution in [0.15, 0.2) is 72.8 Å². The third-order valence-electron chi connectivity index (χ3n) is 6.21. The van der Waals surface area contributed by atoms with E-state index in [1.165, 1.54) is 7.11 Å². The normalized spacial score (nSPS) is 14.9. The number of phenolic OH excluding ortho intramolecular Hbond substituents is 1. The lowest BCUT2D eigenvalue weighted by Crippen LogP contribution is -2.29. The summed E-state index contributed by atoms with van der Waals surface area (Å²) in [6, 6.07) is 22.4. The molecule has 0 bridgehead atoms. The highest BCUT2D eigenvalue weighted by Gasteiger charge is 2.43.